The average Bonchev–Trinajstić information content (AvgIpc) is 3.11. The summed E-state index contributed by atoms with van der Waals surface area (Å²) >= 11 is 3.64. The zero-order valence-electron chi connectivity index (χ0n) is 11.6. The van der Waals surface area contributed by atoms with Crippen LogP contribution in [0, 0.1) is 5.92 Å². The monoisotopic (exact) mass is 313 g/mol. The Kier molecular flexibility index (Phi) is 4.84. The molecule has 1 aromatic heterocycles. The van der Waals surface area contributed by atoms with Crippen LogP contribution < -0.4 is 5.32 Å². The summed E-state index contributed by atoms with van der Waals surface area (Å²) in [6.07, 6.45) is 5.78. The van der Waals surface area contributed by atoms with Gasteiger partial charge in [-0.2, -0.15) is 5.10 Å². The van der Waals surface area contributed by atoms with Crippen molar-refractivity contribution in [3.05, 3.63) is 16.4 Å². The highest BCUT2D eigenvalue weighted by Crippen LogP contribution is 2.30. The van der Waals surface area contributed by atoms with Crippen LogP contribution in [0.4, 0.5) is 0 Å². The van der Waals surface area contributed by atoms with E-state index in [2.05, 4.69) is 51.8 Å². The predicted octanol–water partition coefficient (Wildman–Crippen LogP) is 3.55. The van der Waals surface area contributed by atoms with E-state index in [1.807, 2.05) is 6.20 Å². The van der Waals surface area contributed by atoms with Gasteiger partial charge in [0.2, 0.25) is 0 Å². The van der Waals surface area contributed by atoms with Crippen LogP contribution in [0.25, 0.3) is 0 Å². The van der Waals surface area contributed by atoms with E-state index in [0.717, 1.165) is 30.0 Å². The number of nitrogens with one attached hydrogen (secondary N) is 1. The minimum absolute atomic E-state index is 0.527. The van der Waals surface area contributed by atoms with Crippen molar-refractivity contribution in [1.82, 2.24) is 15.1 Å². The smallest absolute Gasteiger partial charge is 0.0635 e. The Hall–Kier alpha value is -0.350. The Bertz CT molecular complexity index is 384. The Balaban J connectivity index is 2.00. The second-order valence-electron chi connectivity index (χ2n) is 5.55. The molecule has 0 saturated heterocycles. The van der Waals surface area contributed by atoms with Gasteiger partial charge in [0.1, 0.15) is 0 Å². The highest BCUT2D eigenvalue weighted by atomic mass is 79.9. The molecule has 0 spiro atoms. The first-order valence-electron chi connectivity index (χ1n) is 7.08. The van der Waals surface area contributed by atoms with Gasteiger partial charge in [0.15, 0.2) is 0 Å². The molecule has 2 unspecified atom stereocenters. The molecule has 1 heterocycles. The average molecular weight is 314 g/mol. The van der Waals surface area contributed by atoms with Gasteiger partial charge in [0.25, 0.3) is 0 Å². The van der Waals surface area contributed by atoms with Crippen LogP contribution in [-0.4, -0.2) is 22.4 Å². The van der Waals surface area contributed by atoms with Gasteiger partial charge in [0.05, 0.1) is 16.4 Å². The first-order chi connectivity index (χ1) is 8.63. The second kappa shape index (κ2) is 6.20. The molecule has 18 heavy (non-hydrogen) atoms. The molecule has 102 valence electrons. The van der Waals surface area contributed by atoms with Crippen LogP contribution in [0.15, 0.2) is 10.7 Å². The number of rotatable bonds is 7. The van der Waals surface area contributed by atoms with Gasteiger partial charge in [-0.05, 0) is 47.7 Å². The lowest BCUT2D eigenvalue weighted by Gasteiger charge is -2.22. The van der Waals surface area contributed by atoms with Gasteiger partial charge < -0.3 is 5.32 Å². The van der Waals surface area contributed by atoms with E-state index in [-0.39, 0.29) is 0 Å². The molecule has 1 aromatic rings. The van der Waals surface area contributed by atoms with Gasteiger partial charge in [-0.25, -0.2) is 0 Å². The van der Waals surface area contributed by atoms with E-state index < -0.39 is 0 Å². The maximum Gasteiger partial charge on any atom is 0.0635 e. The molecule has 1 fully saturated rings. The number of aromatic nitrogens is 2. The molecule has 0 amide bonds. The van der Waals surface area contributed by atoms with Crippen molar-refractivity contribution in [3.8, 4) is 0 Å². The van der Waals surface area contributed by atoms with Crippen molar-refractivity contribution < 1.29 is 0 Å². The summed E-state index contributed by atoms with van der Waals surface area (Å²) in [5, 5.41) is 8.09. The summed E-state index contributed by atoms with van der Waals surface area (Å²) in [6, 6.07) is 0.795. The van der Waals surface area contributed by atoms with E-state index in [9.17, 15) is 0 Å². The molecule has 1 saturated carbocycles. The van der Waals surface area contributed by atoms with Gasteiger partial charge in [0, 0.05) is 18.5 Å². The van der Waals surface area contributed by atoms with Crippen LogP contribution in [0.5, 0.6) is 0 Å². The summed E-state index contributed by atoms with van der Waals surface area (Å²) in [4.78, 5) is 0. The quantitative estimate of drug-likeness (QED) is 0.834. The number of halogens is 1. The Labute approximate surface area is 118 Å². The van der Waals surface area contributed by atoms with Gasteiger partial charge in [-0.3, -0.25) is 4.68 Å². The molecule has 0 aliphatic heterocycles. The largest absolute Gasteiger partial charge is 0.314 e. The molecular weight excluding hydrogens is 290 g/mol. The molecule has 0 aromatic carbocycles. The maximum atomic E-state index is 4.47. The molecule has 1 aliphatic carbocycles. The van der Waals surface area contributed by atoms with Crippen molar-refractivity contribution in [2.45, 2.75) is 58.5 Å². The normalized spacial score (nSPS) is 18.9. The zero-order valence-corrected chi connectivity index (χ0v) is 13.2. The van der Waals surface area contributed by atoms with Crippen LogP contribution in [-0.2, 0) is 6.54 Å². The van der Waals surface area contributed by atoms with Crippen LogP contribution in [0.1, 0.15) is 51.6 Å². The lowest BCUT2D eigenvalue weighted by atomic mass is 9.92. The molecule has 1 N–H and O–H groups in total. The fourth-order valence-corrected chi connectivity index (χ4v) is 2.96. The molecule has 0 bridgehead atoms. The Morgan fingerprint density at radius 1 is 1.50 bits per heavy atom. The summed E-state index contributed by atoms with van der Waals surface area (Å²) in [7, 11) is 0. The Morgan fingerprint density at radius 2 is 2.22 bits per heavy atom. The standard InChI is InChI=1S/C14H24BrN3/c1-4-7-18-14(13(15)9-17-18)11(3)10(2)8-16-12-5-6-12/h9-12,16H,4-8H2,1-3H3. The van der Waals surface area contributed by atoms with E-state index in [1.54, 1.807) is 0 Å². The highest BCUT2D eigenvalue weighted by molar-refractivity contribution is 9.10. The van der Waals surface area contributed by atoms with Crippen molar-refractivity contribution in [3.63, 3.8) is 0 Å². The second-order valence-corrected chi connectivity index (χ2v) is 6.40. The van der Waals surface area contributed by atoms with Gasteiger partial charge in [-0.1, -0.05) is 20.8 Å². The van der Waals surface area contributed by atoms with Crippen LogP contribution in [0.2, 0.25) is 0 Å². The zero-order chi connectivity index (χ0) is 13.1. The van der Waals surface area contributed by atoms with E-state index in [1.165, 1.54) is 18.5 Å². The molecule has 3 nitrogen and oxygen atoms in total. The summed E-state index contributed by atoms with van der Waals surface area (Å²) in [6.45, 7) is 8.95. The molecule has 0 radical (unpaired) electrons. The lowest BCUT2D eigenvalue weighted by Crippen LogP contribution is -2.27. The Morgan fingerprint density at radius 3 is 2.83 bits per heavy atom. The third kappa shape index (κ3) is 3.35. The molecule has 2 atom stereocenters. The summed E-state index contributed by atoms with van der Waals surface area (Å²) < 4.78 is 3.31. The number of nitrogens with zero attached hydrogens (tertiary/aromatic N) is 2. The van der Waals surface area contributed by atoms with Gasteiger partial charge >= 0.3 is 0 Å². The first kappa shape index (κ1) is 14.1. The number of aryl methyl sites for hydroxylation is 1. The third-order valence-electron chi connectivity index (χ3n) is 3.86. The SMILES string of the molecule is CCCn1ncc(Br)c1C(C)C(C)CNC1CC1. The fourth-order valence-electron chi connectivity index (χ4n) is 2.30. The third-order valence-corrected chi connectivity index (χ3v) is 4.47. The summed E-state index contributed by atoms with van der Waals surface area (Å²) in [5.74, 6) is 1.16. The van der Waals surface area contributed by atoms with Crippen molar-refractivity contribution in [2.24, 2.45) is 5.92 Å². The molecule has 2 rings (SSSR count). The maximum absolute atomic E-state index is 4.47. The first-order valence-corrected chi connectivity index (χ1v) is 7.87. The van der Waals surface area contributed by atoms with Gasteiger partial charge in [-0.15, -0.1) is 0 Å². The highest BCUT2D eigenvalue weighted by Gasteiger charge is 2.25. The van der Waals surface area contributed by atoms with Crippen molar-refractivity contribution >= 4 is 15.9 Å². The molecular formula is C14H24BrN3. The van der Waals surface area contributed by atoms with E-state index in [4.69, 9.17) is 0 Å². The fraction of sp³-hybridized carbons (Fsp3) is 0.786. The minimum atomic E-state index is 0.527. The molecule has 1 aliphatic rings. The number of hydrogen-bond donors (Lipinski definition) is 1. The summed E-state index contributed by atoms with van der Waals surface area (Å²) in [5.41, 5.74) is 1.35. The topological polar surface area (TPSA) is 29.9 Å². The minimum Gasteiger partial charge on any atom is -0.314 e. The van der Waals surface area contributed by atoms with Crippen LogP contribution in [0.3, 0.4) is 0 Å². The number of hydrogen-bond acceptors (Lipinski definition) is 2. The van der Waals surface area contributed by atoms with E-state index >= 15 is 0 Å². The van der Waals surface area contributed by atoms with Crippen molar-refractivity contribution in [1.29, 1.82) is 0 Å². The lowest BCUT2D eigenvalue weighted by molar-refractivity contribution is 0.417. The molecule has 4 heteroatoms. The van der Waals surface area contributed by atoms with Crippen LogP contribution >= 0.6 is 15.9 Å². The predicted molar refractivity (Wildman–Crippen MR) is 78.8 cm³/mol. The van der Waals surface area contributed by atoms with Crippen molar-refractivity contribution in [2.75, 3.05) is 6.54 Å². The van der Waals surface area contributed by atoms with E-state index in [0.29, 0.717) is 11.8 Å².